The molecular formula is C13H12N6O. The molecule has 0 bridgehead atoms. The van der Waals surface area contributed by atoms with Crippen LogP contribution < -0.4 is 0 Å². The van der Waals surface area contributed by atoms with Gasteiger partial charge in [-0.25, -0.2) is 4.98 Å². The smallest absolute Gasteiger partial charge is 0.179 e. The highest BCUT2D eigenvalue weighted by Gasteiger charge is 1.97. The van der Waals surface area contributed by atoms with Crippen molar-refractivity contribution >= 4 is 5.78 Å². The maximum Gasteiger partial charge on any atom is 0.179 e. The molecule has 0 radical (unpaired) electrons. The maximum absolute atomic E-state index is 10.5. The van der Waals surface area contributed by atoms with Gasteiger partial charge in [0.25, 0.3) is 0 Å². The fourth-order valence-corrected chi connectivity index (χ4v) is 1.32. The van der Waals surface area contributed by atoms with Crippen molar-refractivity contribution in [2.24, 2.45) is 0 Å². The molecule has 0 aliphatic heterocycles. The average molecular weight is 268 g/mol. The van der Waals surface area contributed by atoms with Gasteiger partial charge in [-0.1, -0.05) is 0 Å². The minimum absolute atomic E-state index is 0.0527. The van der Waals surface area contributed by atoms with Crippen molar-refractivity contribution < 1.29 is 4.79 Å². The molecule has 3 heterocycles. The summed E-state index contributed by atoms with van der Waals surface area (Å²) in [5, 5.41) is 6.61. The molecule has 0 unspecified atom stereocenters. The van der Waals surface area contributed by atoms with Gasteiger partial charge in [0.2, 0.25) is 0 Å². The fraction of sp³-hybridized carbons (Fsp3) is 0.0769. The van der Waals surface area contributed by atoms with Gasteiger partial charge in [-0.2, -0.15) is 5.10 Å². The van der Waals surface area contributed by atoms with E-state index in [0.717, 1.165) is 11.4 Å². The third kappa shape index (κ3) is 3.77. The Kier molecular flexibility index (Phi) is 4.60. The third-order valence-corrected chi connectivity index (χ3v) is 2.26. The van der Waals surface area contributed by atoms with Gasteiger partial charge in [-0.3, -0.25) is 24.8 Å². The number of ketones is 1. The van der Waals surface area contributed by atoms with Gasteiger partial charge < -0.3 is 0 Å². The van der Waals surface area contributed by atoms with Crippen molar-refractivity contribution in [3.8, 4) is 11.4 Å². The van der Waals surface area contributed by atoms with Crippen LogP contribution in [0.4, 0.5) is 0 Å². The lowest BCUT2D eigenvalue weighted by molar-refractivity contribution is 0.101. The highest BCUT2D eigenvalue weighted by atomic mass is 16.1. The number of aromatic amines is 1. The minimum atomic E-state index is -0.0527. The second-order valence-corrected chi connectivity index (χ2v) is 3.71. The number of carbonyl (C=O) groups excluding carboxylic acids is 1. The number of rotatable bonds is 2. The van der Waals surface area contributed by atoms with Gasteiger partial charge in [0.1, 0.15) is 11.4 Å². The Morgan fingerprint density at radius 1 is 1.00 bits per heavy atom. The molecular weight excluding hydrogens is 256 g/mol. The Morgan fingerprint density at radius 3 is 2.20 bits per heavy atom. The Balaban J connectivity index is 0.000000151. The molecule has 7 heteroatoms. The second-order valence-electron chi connectivity index (χ2n) is 3.71. The van der Waals surface area contributed by atoms with E-state index in [1.807, 2.05) is 6.07 Å². The first-order valence-corrected chi connectivity index (χ1v) is 5.80. The lowest BCUT2D eigenvalue weighted by Gasteiger charge is -1.91. The van der Waals surface area contributed by atoms with Crippen molar-refractivity contribution in [2.45, 2.75) is 6.92 Å². The van der Waals surface area contributed by atoms with Crippen LogP contribution in [0.2, 0.25) is 0 Å². The number of hydrogen-bond acceptors (Lipinski definition) is 6. The lowest BCUT2D eigenvalue weighted by Crippen LogP contribution is -1.95. The molecule has 7 nitrogen and oxygen atoms in total. The number of H-pyrrole nitrogens is 1. The molecule has 100 valence electrons. The third-order valence-electron chi connectivity index (χ3n) is 2.26. The van der Waals surface area contributed by atoms with Crippen molar-refractivity contribution in [3.05, 3.63) is 55.1 Å². The molecule has 0 fully saturated rings. The van der Waals surface area contributed by atoms with Crippen LogP contribution in [-0.4, -0.2) is 35.9 Å². The van der Waals surface area contributed by atoms with Crippen LogP contribution in [0.15, 0.2) is 49.4 Å². The summed E-state index contributed by atoms with van der Waals surface area (Å²) < 4.78 is 0. The fourth-order valence-electron chi connectivity index (χ4n) is 1.32. The van der Waals surface area contributed by atoms with Crippen LogP contribution >= 0.6 is 0 Å². The topological polar surface area (TPSA) is 97.3 Å². The molecule has 3 aromatic rings. The van der Waals surface area contributed by atoms with Crippen molar-refractivity contribution in [2.75, 3.05) is 0 Å². The summed E-state index contributed by atoms with van der Waals surface area (Å²) in [5.41, 5.74) is 2.11. The Morgan fingerprint density at radius 2 is 1.75 bits per heavy atom. The molecule has 0 amide bonds. The number of Topliss-reactive ketones (excluding diaryl/α,β-unsaturated/α-hetero) is 1. The monoisotopic (exact) mass is 268 g/mol. The van der Waals surface area contributed by atoms with E-state index in [1.54, 1.807) is 24.8 Å². The predicted octanol–water partition coefficient (Wildman–Crippen LogP) is 1.55. The van der Waals surface area contributed by atoms with Gasteiger partial charge >= 0.3 is 0 Å². The highest BCUT2D eigenvalue weighted by molar-refractivity contribution is 5.91. The SMILES string of the molecule is CC(=O)c1cnccn1.c1cnc(-c2ccn[nH]2)cn1. The summed E-state index contributed by atoms with van der Waals surface area (Å²) in [5.74, 6) is -0.0527. The van der Waals surface area contributed by atoms with Crippen LogP contribution in [0.5, 0.6) is 0 Å². The molecule has 0 spiro atoms. The molecule has 0 saturated carbocycles. The van der Waals surface area contributed by atoms with Crippen molar-refractivity contribution in [3.63, 3.8) is 0 Å². The molecule has 0 aliphatic rings. The van der Waals surface area contributed by atoms with Gasteiger partial charge in [0.05, 0.1) is 18.1 Å². The predicted molar refractivity (Wildman–Crippen MR) is 71.7 cm³/mol. The van der Waals surface area contributed by atoms with Crippen molar-refractivity contribution in [1.82, 2.24) is 30.1 Å². The standard InChI is InChI=1S/C7H6N4.C6H6N2O/c1-2-10-11-6(1)7-5-8-3-4-9-7;1-5(9)6-4-7-2-3-8-6/h1-5H,(H,10,11);2-4H,1H3. The van der Waals surface area contributed by atoms with Gasteiger partial charge in [-0.05, 0) is 6.07 Å². The summed E-state index contributed by atoms with van der Waals surface area (Å²) in [4.78, 5) is 26.0. The summed E-state index contributed by atoms with van der Waals surface area (Å²) in [7, 11) is 0. The Hall–Kier alpha value is -2.96. The number of hydrogen-bond donors (Lipinski definition) is 1. The molecule has 3 rings (SSSR count). The Bertz CT molecular complexity index is 639. The molecule has 20 heavy (non-hydrogen) atoms. The van der Waals surface area contributed by atoms with Gasteiger partial charge in [-0.15, -0.1) is 0 Å². The normalized spacial score (nSPS) is 9.45. The van der Waals surface area contributed by atoms with E-state index in [-0.39, 0.29) is 5.78 Å². The molecule has 0 aliphatic carbocycles. The minimum Gasteiger partial charge on any atom is -0.293 e. The van der Waals surface area contributed by atoms with Crippen LogP contribution in [0.25, 0.3) is 11.4 Å². The zero-order valence-corrected chi connectivity index (χ0v) is 10.8. The first-order valence-electron chi connectivity index (χ1n) is 5.80. The van der Waals surface area contributed by atoms with Crippen LogP contribution in [-0.2, 0) is 0 Å². The maximum atomic E-state index is 10.5. The number of nitrogens with one attached hydrogen (secondary N) is 1. The molecule has 1 N–H and O–H groups in total. The Labute approximate surface area is 115 Å². The average Bonchev–Trinajstić information content (AvgIpc) is 3.04. The largest absolute Gasteiger partial charge is 0.293 e. The molecule has 3 aromatic heterocycles. The number of nitrogens with zero attached hydrogens (tertiary/aromatic N) is 5. The zero-order chi connectivity index (χ0) is 14.2. The van der Waals surface area contributed by atoms with E-state index in [2.05, 4.69) is 30.1 Å². The van der Waals surface area contributed by atoms with E-state index in [0.29, 0.717) is 5.69 Å². The molecule has 0 aromatic carbocycles. The summed E-state index contributed by atoms with van der Waals surface area (Å²) in [6.07, 6.45) is 11.1. The quantitative estimate of drug-likeness (QED) is 0.708. The highest BCUT2D eigenvalue weighted by Crippen LogP contribution is 2.09. The molecule has 0 saturated heterocycles. The first-order chi connectivity index (χ1) is 9.77. The summed E-state index contributed by atoms with van der Waals surface area (Å²) in [6.45, 7) is 1.46. The van der Waals surface area contributed by atoms with Crippen molar-refractivity contribution in [1.29, 1.82) is 0 Å². The second kappa shape index (κ2) is 6.83. The van der Waals surface area contributed by atoms with E-state index >= 15 is 0 Å². The summed E-state index contributed by atoms with van der Waals surface area (Å²) in [6, 6.07) is 1.85. The number of aromatic nitrogens is 6. The summed E-state index contributed by atoms with van der Waals surface area (Å²) >= 11 is 0. The molecule has 0 atom stereocenters. The lowest BCUT2D eigenvalue weighted by atomic mass is 10.3. The van der Waals surface area contributed by atoms with Crippen LogP contribution in [0, 0.1) is 0 Å². The van der Waals surface area contributed by atoms with Gasteiger partial charge in [0.15, 0.2) is 5.78 Å². The van der Waals surface area contributed by atoms with E-state index in [9.17, 15) is 4.79 Å². The zero-order valence-electron chi connectivity index (χ0n) is 10.8. The number of carbonyl (C=O) groups is 1. The van der Waals surface area contributed by atoms with E-state index in [1.165, 1.54) is 25.5 Å². The van der Waals surface area contributed by atoms with Gasteiger partial charge in [0, 0.05) is 37.9 Å². The first kappa shape index (κ1) is 13.5. The van der Waals surface area contributed by atoms with E-state index < -0.39 is 0 Å². The van der Waals surface area contributed by atoms with E-state index in [4.69, 9.17) is 0 Å². The van der Waals surface area contributed by atoms with Crippen LogP contribution in [0.1, 0.15) is 17.4 Å². The van der Waals surface area contributed by atoms with Crippen LogP contribution in [0.3, 0.4) is 0 Å².